The molecule has 0 radical (unpaired) electrons. The van der Waals surface area contributed by atoms with Crippen LogP contribution in [0.4, 0.5) is 0 Å². The van der Waals surface area contributed by atoms with Crippen molar-refractivity contribution in [2.24, 2.45) is 0 Å². The number of methoxy groups -OCH3 is 1. The average Bonchev–Trinajstić information content (AvgIpc) is 2.39. The van der Waals surface area contributed by atoms with Gasteiger partial charge >= 0.3 is 5.97 Å². The molecule has 0 bridgehead atoms. The van der Waals surface area contributed by atoms with Crippen molar-refractivity contribution in [2.45, 2.75) is 20.8 Å². The number of ether oxygens (including phenoxy) is 1. The third-order valence-corrected chi connectivity index (χ3v) is 2.04. The number of aryl methyl sites for hydroxylation is 2. The smallest absolute Gasteiger partial charge is 0.384 e. The maximum absolute atomic E-state index is 10.8. The van der Waals surface area contributed by atoms with E-state index < -0.39 is 5.97 Å². The second-order valence-electron chi connectivity index (χ2n) is 2.96. The zero-order chi connectivity index (χ0) is 10.7. The van der Waals surface area contributed by atoms with Crippen molar-refractivity contribution < 1.29 is 13.9 Å². The Hall–Kier alpha value is -1.69. The Morgan fingerprint density at radius 3 is 2.36 bits per heavy atom. The summed E-state index contributed by atoms with van der Waals surface area (Å²) in [6.45, 7) is 5.60. The predicted molar refractivity (Wildman–Crippen MR) is 51.8 cm³/mol. The second kappa shape index (κ2) is 4.01. The number of hydrogen-bond acceptors (Lipinski definition) is 3. The summed E-state index contributed by atoms with van der Waals surface area (Å²) in [4.78, 5) is 10.8. The molecule has 0 aromatic carbocycles. The molecule has 0 aliphatic carbocycles. The van der Waals surface area contributed by atoms with E-state index in [9.17, 15) is 4.79 Å². The number of esters is 1. The van der Waals surface area contributed by atoms with E-state index >= 15 is 0 Å². The largest absolute Gasteiger partial charge is 0.465 e. The van der Waals surface area contributed by atoms with Gasteiger partial charge in [-0.05, 0) is 20.8 Å². The lowest BCUT2D eigenvalue weighted by Gasteiger charge is -1.88. The van der Waals surface area contributed by atoms with Crippen LogP contribution in [0.3, 0.4) is 0 Å². The Morgan fingerprint density at radius 2 is 1.93 bits per heavy atom. The van der Waals surface area contributed by atoms with Crippen LogP contribution < -0.4 is 0 Å². The van der Waals surface area contributed by atoms with Crippen LogP contribution in [-0.2, 0) is 9.53 Å². The summed E-state index contributed by atoms with van der Waals surface area (Å²) in [5.41, 5.74) is 1.74. The lowest BCUT2D eigenvalue weighted by molar-refractivity contribution is -0.133. The number of hydrogen-bond donors (Lipinski definition) is 0. The van der Waals surface area contributed by atoms with Gasteiger partial charge in [-0.1, -0.05) is 5.92 Å². The Morgan fingerprint density at radius 1 is 1.29 bits per heavy atom. The van der Waals surface area contributed by atoms with Gasteiger partial charge in [0.2, 0.25) is 0 Å². The molecule has 1 heterocycles. The van der Waals surface area contributed by atoms with E-state index in [-0.39, 0.29) is 0 Å². The van der Waals surface area contributed by atoms with Crippen molar-refractivity contribution in [1.82, 2.24) is 0 Å². The minimum absolute atomic E-state index is 0.539. The number of carbonyl (C=O) groups excluding carboxylic acids is 1. The molecule has 0 N–H and O–H groups in total. The van der Waals surface area contributed by atoms with Crippen LogP contribution >= 0.6 is 0 Å². The summed E-state index contributed by atoms with van der Waals surface area (Å²) in [6, 6.07) is 0. The molecule has 1 aromatic rings. The number of carbonyl (C=O) groups is 1. The summed E-state index contributed by atoms with van der Waals surface area (Å²) in [7, 11) is 1.30. The number of furan rings is 1. The molecule has 0 atom stereocenters. The van der Waals surface area contributed by atoms with Gasteiger partial charge in [0.1, 0.15) is 11.5 Å². The molecular weight excluding hydrogens is 180 g/mol. The first kappa shape index (κ1) is 10.4. The average molecular weight is 192 g/mol. The molecule has 14 heavy (non-hydrogen) atoms. The fourth-order valence-electron chi connectivity index (χ4n) is 1.14. The lowest BCUT2D eigenvalue weighted by atomic mass is 10.1. The molecule has 0 unspecified atom stereocenters. The first-order valence-corrected chi connectivity index (χ1v) is 4.22. The Balaban J connectivity index is 3.06. The Bertz CT molecular complexity index is 416. The molecule has 3 nitrogen and oxygen atoms in total. The summed E-state index contributed by atoms with van der Waals surface area (Å²) in [5.74, 6) is 6.13. The van der Waals surface area contributed by atoms with Crippen LogP contribution in [0.2, 0.25) is 0 Å². The van der Waals surface area contributed by atoms with Gasteiger partial charge in [-0.25, -0.2) is 4.79 Å². The van der Waals surface area contributed by atoms with E-state index in [4.69, 9.17) is 4.42 Å². The fraction of sp³-hybridized carbons (Fsp3) is 0.364. The van der Waals surface area contributed by atoms with Crippen LogP contribution in [-0.4, -0.2) is 13.1 Å². The minimum atomic E-state index is -0.539. The van der Waals surface area contributed by atoms with Gasteiger partial charge in [-0.15, -0.1) is 0 Å². The molecule has 74 valence electrons. The Labute approximate surface area is 83.1 Å². The van der Waals surface area contributed by atoms with E-state index in [0.29, 0.717) is 0 Å². The molecule has 0 aliphatic rings. The van der Waals surface area contributed by atoms with Gasteiger partial charge in [0.15, 0.2) is 0 Å². The standard InChI is InChI=1S/C11H12O3/c1-7-8(2)14-9(3)10(7)5-6-11(12)13-4/h1-4H3. The van der Waals surface area contributed by atoms with Gasteiger partial charge in [0, 0.05) is 11.5 Å². The van der Waals surface area contributed by atoms with Crippen molar-refractivity contribution in [3.05, 3.63) is 22.6 Å². The summed E-state index contributed by atoms with van der Waals surface area (Å²) in [5, 5.41) is 0. The first-order valence-electron chi connectivity index (χ1n) is 4.22. The molecule has 0 aliphatic heterocycles. The second-order valence-corrected chi connectivity index (χ2v) is 2.96. The van der Waals surface area contributed by atoms with E-state index in [1.165, 1.54) is 7.11 Å². The third-order valence-electron chi connectivity index (χ3n) is 2.04. The highest BCUT2D eigenvalue weighted by molar-refractivity contribution is 5.89. The van der Waals surface area contributed by atoms with Gasteiger partial charge in [-0.2, -0.15) is 0 Å². The van der Waals surface area contributed by atoms with Crippen LogP contribution in [0.1, 0.15) is 22.6 Å². The third kappa shape index (κ3) is 1.97. The molecule has 0 spiro atoms. The molecule has 0 saturated heterocycles. The van der Waals surface area contributed by atoms with Crippen molar-refractivity contribution in [3.63, 3.8) is 0 Å². The molecule has 0 amide bonds. The predicted octanol–water partition coefficient (Wildman–Crippen LogP) is 1.73. The quantitative estimate of drug-likeness (QED) is 0.464. The van der Waals surface area contributed by atoms with E-state index in [1.807, 2.05) is 20.8 Å². The minimum Gasteiger partial charge on any atom is -0.465 e. The molecule has 3 heteroatoms. The van der Waals surface area contributed by atoms with Gasteiger partial charge < -0.3 is 9.15 Å². The van der Waals surface area contributed by atoms with E-state index in [1.54, 1.807) is 0 Å². The first-order chi connectivity index (χ1) is 6.56. The van der Waals surface area contributed by atoms with Gasteiger partial charge in [-0.3, -0.25) is 0 Å². The van der Waals surface area contributed by atoms with Crippen molar-refractivity contribution in [2.75, 3.05) is 7.11 Å². The maximum atomic E-state index is 10.8. The van der Waals surface area contributed by atoms with Crippen LogP contribution in [0, 0.1) is 32.6 Å². The Kier molecular flexibility index (Phi) is 2.98. The lowest BCUT2D eigenvalue weighted by Crippen LogP contribution is -1.94. The highest BCUT2D eigenvalue weighted by Gasteiger charge is 2.08. The highest BCUT2D eigenvalue weighted by Crippen LogP contribution is 2.19. The molecular formula is C11H12O3. The van der Waals surface area contributed by atoms with Crippen molar-refractivity contribution >= 4 is 5.97 Å². The summed E-state index contributed by atoms with van der Waals surface area (Å²) in [6.07, 6.45) is 0. The molecule has 0 fully saturated rings. The maximum Gasteiger partial charge on any atom is 0.384 e. The van der Waals surface area contributed by atoms with Crippen LogP contribution in [0.25, 0.3) is 0 Å². The van der Waals surface area contributed by atoms with Gasteiger partial charge in [0.25, 0.3) is 0 Å². The normalized spacial score (nSPS) is 9.14. The van der Waals surface area contributed by atoms with E-state index in [0.717, 1.165) is 22.6 Å². The fourth-order valence-corrected chi connectivity index (χ4v) is 1.14. The molecule has 0 saturated carbocycles. The number of rotatable bonds is 0. The zero-order valence-corrected chi connectivity index (χ0v) is 8.72. The van der Waals surface area contributed by atoms with Crippen molar-refractivity contribution in [3.8, 4) is 11.8 Å². The monoisotopic (exact) mass is 192 g/mol. The molecule has 1 aromatic heterocycles. The van der Waals surface area contributed by atoms with Crippen molar-refractivity contribution in [1.29, 1.82) is 0 Å². The topological polar surface area (TPSA) is 39.4 Å². The van der Waals surface area contributed by atoms with Crippen LogP contribution in [0.15, 0.2) is 4.42 Å². The van der Waals surface area contributed by atoms with Gasteiger partial charge in [0.05, 0.1) is 12.7 Å². The zero-order valence-electron chi connectivity index (χ0n) is 8.72. The molecule has 1 rings (SSSR count). The highest BCUT2D eigenvalue weighted by atomic mass is 16.5. The SMILES string of the molecule is COC(=O)C#Cc1c(C)oc(C)c1C. The van der Waals surface area contributed by atoms with Crippen LogP contribution in [0.5, 0.6) is 0 Å². The summed E-state index contributed by atoms with van der Waals surface area (Å²) < 4.78 is 9.77. The summed E-state index contributed by atoms with van der Waals surface area (Å²) >= 11 is 0. The van der Waals surface area contributed by atoms with E-state index in [2.05, 4.69) is 16.6 Å².